The molecule has 0 radical (unpaired) electrons. The Morgan fingerprint density at radius 3 is 2.31 bits per heavy atom. The first-order valence-corrected chi connectivity index (χ1v) is 32.8. The Balaban J connectivity index is 0.909. The number of Topliss-reactive ketones (excluding diaryl/α,β-unsaturated/α-hetero) is 2. The largest absolute Gasteiger partial charge is 0.392 e. The number of hydrogen-bond donors (Lipinski definition) is 4. The van der Waals surface area contributed by atoms with Crippen molar-refractivity contribution in [2.75, 3.05) is 13.2 Å². The second-order valence-corrected chi connectivity index (χ2v) is 31.0. The van der Waals surface area contributed by atoms with E-state index in [1.165, 1.54) is 101 Å². The highest BCUT2D eigenvalue weighted by atomic mass is 16.6. The Morgan fingerprint density at radius 2 is 1.56 bits per heavy atom. The number of aromatic amines is 2. The summed E-state index contributed by atoms with van der Waals surface area (Å²) in [4.78, 5) is 40.4. The molecule has 9 aliphatic carbocycles. The number of carbonyl (C=O) groups excluding carboxylic acids is 2. The summed E-state index contributed by atoms with van der Waals surface area (Å²) in [6.45, 7) is 16.2. The van der Waals surface area contributed by atoms with E-state index < -0.39 is 44.9 Å². The van der Waals surface area contributed by atoms with Crippen LogP contribution in [0.4, 0.5) is 0 Å². The quantitative estimate of drug-likeness (QED) is 0.103. The van der Waals surface area contributed by atoms with Crippen LogP contribution in [0.5, 0.6) is 0 Å². The van der Waals surface area contributed by atoms with Gasteiger partial charge in [0, 0.05) is 97.5 Å². The number of H-pyrrole nitrogens is 2. The van der Waals surface area contributed by atoms with Gasteiger partial charge in [0.25, 0.3) is 0 Å². The van der Waals surface area contributed by atoms with E-state index in [2.05, 4.69) is 111 Å². The lowest BCUT2D eigenvalue weighted by atomic mass is 9.26. The lowest BCUT2D eigenvalue weighted by Crippen LogP contribution is -2.75. The second-order valence-electron chi connectivity index (χ2n) is 31.0. The lowest BCUT2D eigenvalue weighted by Gasteiger charge is -2.76. The number of carbonyl (C=O) groups is 2. The Hall–Kier alpha value is -4.20. The van der Waals surface area contributed by atoms with Crippen LogP contribution in [-0.2, 0) is 38.4 Å². The number of benzene rings is 1. The number of nitrogens with zero attached hydrogens (tertiary/aromatic N) is 1. The summed E-state index contributed by atoms with van der Waals surface area (Å²) in [5, 5.41) is 27.5. The van der Waals surface area contributed by atoms with Crippen LogP contribution in [0.15, 0.2) is 54.0 Å². The number of ketones is 2. The maximum atomic E-state index is 16.4. The van der Waals surface area contributed by atoms with Crippen LogP contribution in [0.2, 0.25) is 0 Å². The predicted octanol–water partition coefficient (Wildman–Crippen LogP) is 13.8. The third-order valence-electron chi connectivity index (χ3n) is 27.5. The number of rotatable bonds is 8. The highest BCUT2D eigenvalue weighted by Crippen LogP contribution is 2.85. The topological polar surface area (TPSA) is 133 Å². The average Bonchev–Trinajstić information content (AvgIpc) is 1.74. The molecule has 4 aromatic rings. The molecule has 9 nitrogen and oxygen atoms in total. The van der Waals surface area contributed by atoms with Gasteiger partial charge < -0.3 is 34.2 Å². The van der Waals surface area contributed by atoms with Gasteiger partial charge in [0.2, 0.25) is 0 Å². The predicted molar refractivity (Wildman–Crippen MR) is 315 cm³/mol. The monoisotopic (exact) mass is 1090 g/mol. The SMILES string of the molecule is CC1(C)OC1C(O)CC1(C)C2=C3C4Cn5cc(Cc6cc(C7CCCCC7)cc(C7CCOCC7)c6)c6[nH]cc(c65)CC1CC#CCC1(CCC5C(C)(C6CCCC6)C(=O)C6c7cc[nH]c7C7CCC6(C7)C5(C)C1C4O)C3(C)CC2=O. The molecule has 3 aromatic heterocycles. The van der Waals surface area contributed by atoms with Gasteiger partial charge in [-0.2, -0.15) is 0 Å². The normalized spacial score (nSPS) is 41.9. The molecular formula is C72H91N3O6. The number of ether oxygens (including phenoxy) is 2. The van der Waals surface area contributed by atoms with E-state index in [9.17, 15) is 10.2 Å². The van der Waals surface area contributed by atoms with Crippen molar-refractivity contribution in [1.82, 2.24) is 14.5 Å². The highest BCUT2D eigenvalue weighted by molar-refractivity contribution is 6.02. The summed E-state index contributed by atoms with van der Waals surface area (Å²) in [6.07, 6.45) is 26.4. The molecule has 6 saturated carbocycles. The molecule has 16 rings (SSSR count). The van der Waals surface area contributed by atoms with Crippen LogP contribution in [0, 0.1) is 73.9 Å². The van der Waals surface area contributed by atoms with Gasteiger partial charge in [-0.3, -0.25) is 9.59 Å². The van der Waals surface area contributed by atoms with Crippen molar-refractivity contribution in [3.05, 3.63) is 93.1 Å². The van der Waals surface area contributed by atoms with Gasteiger partial charge in [0.05, 0.1) is 34.8 Å². The fourth-order valence-electron chi connectivity index (χ4n) is 23.7. The van der Waals surface area contributed by atoms with Crippen molar-refractivity contribution >= 4 is 22.6 Å². The minimum absolute atomic E-state index is 0.0874. The Morgan fingerprint density at radius 1 is 0.827 bits per heavy atom. The molecule has 8 fully saturated rings. The van der Waals surface area contributed by atoms with Gasteiger partial charge >= 0.3 is 0 Å². The zero-order chi connectivity index (χ0) is 55.4. The Kier molecular flexibility index (Phi) is 11.6. The molecule has 3 aliphatic heterocycles. The molecule has 12 aliphatic rings. The molecular weight excluding hydrogens is 1000 g/mol. The summed E-state index contributed by atoms with van der Waals surface area (Å²) in [5.41, 5.74) is 10.2. The Labute approximate surface area is 481 Å². The van der Waals surface area contributed by atoms with Gasteiger partial charge in [-0.1, -0.05) is 78.0 Å². The highest BCUT2D eigenvalue weighted by Gasteiger charge is 2.82. The molecule has 2 spiro atoms. The number of aliphatic hydroxyl groups excluding tert-OH is 2. The molecule has 15 atom stereocenters. The average molecular weight is 1090 g/mol. The standard InChI is InChI=1S/C72H91N3O6/c1-66(2)65(81-66)54(77)36-67(3)50-18-12-13-24-71-26-20-55-69(5,49-16-10-11-17-49)64(79)57-51-21-27-73-59(51)44-19-25-72(57,35-44)70(55,6)63(71)62(78)52(56-58(67)53(76)37-68(56,71)4)40-75-39-48(60-61(75)47(34-50)38-74-60)32-41-30-45(42-14-8-7-9-15-42)33-46(31-41)43-22-28-80-29-23-43/h21,27,30-31,33,38-39,42-44,49-50,52,54-55,57,62-63,65,73-74,77-78H,7-11,14-20,22-26,28-29,32,34-37,40H2,1-6H3. The first kappa shape index (κ1) is 52.4. The first-order valence-electron chi connectivity index (χ1n) is 32.8. The van der Waals surface area contributed by atoms with Crippen LogP contribution in [0.1, 0.15) is 233 Å². The zero-order valence-corrected chi connectivity index (χ0v) is 49.6. The van der Waals surface area contributed by atoms with Crippen LogP contribution in [0.25, 0.3) is 11.0 Å². The summed E-state index contributed by atoms with van der Waals surface area (Å²) in [5.74, 6) is 9.57. The fourth-order valence-corrected chi connectivity index (χ4v) is 23.7. The van der Waals surface area contributed by atoms with Crippen LogP contribution in [0.3, 0.4) is 0 Å². The third kappa shape index (κ3) is 6.95. The van der Waals surface area contributed by atoms with Gasteiger partial charge in [-0.25, -0.2) is 0 Å². The third-order valence-corrected chi connectivity index (χ3v) is 27.5. The minimum atomic E-state index is -0.805. The number of epoxide rings is 1. The number of nitrogens with one attached hydrogen (secondary N) is 2. The molecule has 2 saturated heterocycles. The van der Waals surface area contributed by atoms with Crippen molar-refractivity contribution in [3.8, 4) is 11.8 Å². The maximum Gasteiger partial charge on any atom is 0.160 e. The van der Waals surface area contributed by atoms with Gasteiger partial charge in [-0.15, -0.1) is 11.8 Å². The smallest absolute Gasteiger partial charge is 0.160 e. The molecule has 430 valence electrons. The van der Waals surface area contributed by atoms with Gasteiger partial charge in [0.15, 0.2) is 5.78 Å². The minimum Gasteiger partial charge on any atom is -0.392 e. The molecule has 81 heavy (non-hydrogen) atoms. The fraction of sp³-hybridized carbons (Fsp3) is 0.694. The van der Waals surface area contributed by atoms with Crippen LogP contribution >= 0.6 is 0 Å². The summed E-state index contributed by atoms with van der Waals surface area (Å²) in [7, 11) is 0. The molecule has 0 amide bonds. The number of aromatic nitrogens is 3. The van der Waals surface area contributed by atoms with Gasteiger partial charge in [-0.05, 0) is 200 Å². The van der Waals surface area contributed by atoms with E-state index in [4.69, 9.17) is 9.47 Å². The number of allylic oxidation sites excluding steroid dienone is 1. The molecule has 15 unspecified atom stereocenters. The van der Waals surface area contributed by atoms with Crippen molar-refractivity contribution in [2.24, 2.45) is 62.1 Å². The number of aliphatic hydroxyl groups is 2. The second kappa shape index (κ2) is 17.9. The molecule has 4 N–H and O–H groups in total. The van der Waals surface area contributed by atoms with E-state index >= 15 is 9.59 Å². The van der Waals surface area contributed by atoms with E-state index in [1.54, 1.807) is 0 Å². The van der Waals surface area contributed by atoms with E-state index in [-0.39, 0.29) is 46.9 Å². The van der Waals surface area contributed by atoms with Crippen molar-refractivity contribution < 1.29 is 29.3 Å². The van der Waals surface area contributed by atoms with Crippen molar-refractivity contribution in [1.29, 1.82) is 0 Å². The molecule has 6 heterocycles. The number of fused-ring (bicyclic) bond motifs is 7. The van der Waals surface area contributed by atoms with Crippen LogP contribution in [-0.4, -0.2) is 73.4 Å². The summed E-state index contributed by atoms with van der Waals surface area (Å²) in [6, 6.07) is 9.93. The first-order chi connectivity index (χ1) is 38.9. The van der Waals surface area contributed by atoms with Crippen molar-refractivity contribution in [3.63, 3.8) is 0 Å². The summed E-state index contributed by atoms with van der Waals surface area (Å²) < 4.78 is 14.7. The number of hydrogen-bond acceptors (Lipinski definition) is 6. The van der Waals surface area contributed by atoms with E-state index in [0.717, 1.165) is 83.0 Å². The molecule has 7 bridgehead atoms. The van der Waals surface area contributed by atoms with Crippen molar-refractivity contribution in [2.45, 2.75) is 237 Å². The zero-order valence-electron chi connectivity index (χ0n) is 49.6. The molecule has 9 heteroatoms. The lowest BCUT2D eigenvalue weighted by molar-refractivity contribution is -0.274. The maximum absolute atomic E-state index is 16.4. The van der Waals surface area contributed by atoms with E-state index in [1.807, 2.05) is 0 Å². The van der Waals surface area contributed by atoms with Gasteiger partial charge in [0.1, 0.15) is 11.9 Å². The van der Waals surface area contributed by atoms with E-state index in [0.29, 0.717) is 68.1 Å². The van der Waals surface area contributed by atoms with Crippen LogP contribution < -0.4 is 0 Å². The summed E-state index contributed by atoms with van der Waals surface area (Å²) >= 11 is 0. The Bertz CT molecular complexity index is 3320. The molecule has 1 aromatic carbocycles.